The van der Waals surface area contributed by atoms with E-state index in [0.29, 0.717) is 25.1 Å². The van der Waals surface area contributed by atoms with Crippen molar-refractivity contribution in [2.75, 3.05) is 19.8 Å². The highest BCUT2D eigenvalue weighted by molar-refractivity contribution is 7.18. The number of thiophene rings is 1. The van der Waals surface area contributed by atoms with Crippen molar-refractivity contribution in [3.8, 4) is 0 Å². The van der Waals surface area contributed by atoms with Gasteiger partial charge in [0.1, 0.15) is 4.83 Å². The van der Waals surface area contributed by atoms with Gasteiger partial charge in [0, 0.05) is 4.88 Å². The fraction of sp³-hybridized carbons (Fsp3) is 0.500. The normalized spacial score (nSPS) is 11.3. The fourth-order valence-electron chi connectivity index (χ4n) is 1.76. The monoisotopic (exact) mass is 268 g/mol. The molecular formula is C12H16N2O3S. The number of hydrogen-bond acceptors (Lipinski definition) is 5. The molecule has 18 heavy (non-hydrogen) atoms. The van der Waals surface area contributed by atoms with Crippen molar-refractivity contribution in [2.24, 2.45) is 0 Å². The SMILES string of the molecule is Cc1sc2ncn(CCOCCO)c(=O)c2c1C. The Kier molecular flexibility index (Phi) is 4.11. The lowest BCUT2D eigenvalue weighted by Gasteiger charge is -2.05. The molecule has 2 heterocycles. The van der Waals surface area contributed by atoms with Crippen LogP contribution in [0.2, 0.25) is 0 Å². The maximum Gasteiger partial charge on any atom is 0.262 e. The summed E-state index contributed by atoms with van der Waals surface area (Å²) >= 11 is 1.54. The molecule has 2 rings (SSSR count). The van der Waals surface area contributed by atoms with Crippen molar-refractivity contribution in [1.29, 1.82) is 0 Å². The van der Waals surface area contributed by atoms with Crippen LogP contribution in [0.25, 0.3) is 10.2 Å². The van der Waals surface area contributed by atoms with Crippen molar-refractivity contribution in [2.45, 2.75) is 20.4 Å². The van der Waals surface area contributed by atoms with Crippen LogP contribution < -0.4 is 5.56 Å². The van der Waals surface area contributed by atoms with E-state index in [-0.39, 0.29) is 12.2 Å². The molecule has 5 nitrogen and oxygen atoms in total. The molecule has 2 aromatic rings. The van der Waals surface area contributed by atoms with Gasteiger partial charge in [0.05, 0.1) is 38.1 Å². The van der Waals surface area contributed by atoms with Gasteiger partial charge < -0.3 is 9.84 Å². The third-order valence-corrected chi connectivity index (χ3v) is 3.98. The molecule has 0 unspecified atom stereocenters. The van der Waals surface area contributed by atoms with Crippen LogP contribution in [0.15, 0.2) is 11.1 Å². The molecule has 0 aromatic carbocycles. The van der Waals surface area contributed by atoms with Gasteiger partial charge in [0.15, 0.2) is 0 Å². The van der Waals surface area contributed by atoms with E-state index in [4.69, 9.17) is 9.84 Å². The largest absolute Gasteiger partial charge is 0.394 e. The molecule has 0 saturated carbocycles. The van der Waals surface area contributed by atoms with Crippen molar-refractivity contribution in [3.05, 3.63) is 27.1 Å². The number of nitrogens with zero attached hydrogens (tertiary/aromatic N) is 2. The number of hydrogen-bond donors (Lipinski definition) is 1. The zero-order valence-electron chi connectivity index (χ0n) is 10.5. The minimum Gasteiger partial charge on any atom is -0.394 e. The van der Waals surface area contributed by atoms with E-state index in [0.717, 1.165) is 15.3 Å². The van der Waals surface area contributed by atoms with Crippen molar-refractivity contribution < 1.29 is 9.84 Å². The number of aromatic nitrogens is 2. The molecule has 1 N–H and O–H groups in total. The predicted octanol–water partition coefficient (Wildman–Crippen LogP) is 1.08. The number of ether oxygens (including phenoxy) is 1. The summed E-state index contributed by atoms with van der Waals surface area (Å²) in [5.74, 6) is 0. The number of aliphatic hydroxyl groups is 1. The summed E-state index contributed by atoms with van der Waals surface area (Å²) in [6.07, 6.45) is 1.56. The van der Waals surface area contributed by atoms with Crippen LogP contribution in [0.1, 0.15) is 10.4 Å². The standard InChI is InChI=1S/C12H16N2O3S/c1-8-9(2)18-11-10(8)12(16)14(7-13-11)3-5-17-6-4-15/h7,15H,3-6H2,1-2H3. The van der Waals surface area contributed by atoms with Crippen LogP contribution in [0.3, 0.4) is 0 Å². The molecular weight excluding hydrogens is 252 g/mol. The second-order valence-electron chi connectivity index (χ2n) is 4.04. The van der Waals surface area contributed by atoms with Gasteiger partial charge in [-0.1, -0.05) is 0 Å². The molecule has 0 aliphatic carbocycles. The average Bonchev–Trinajstić information content (AvgIpc) is 2.64. The van der Waals surface area contributed by atoms with Crippen molar-refractivity contribution in [3.63, 3.8) is 0 Å². The lowest BCUT2D eigenvalue weighted by atomic mass is 10.2. The summed E-state index contributed by atoms with van der Waals surface area (Å²) in [6.45, 7) is 5.08. The molecule has 98 valence electrons. The first kappa shape index (κ1) is 13.2. The van der Waals surface area contributed by atoms with Gasteiger partial charge in [-0.15, -0.1) is 11.3 Å². The van der Waals surface area contributed by atoms with E-state index in [9.17, 15) is 4.79 Å². The summed E-state index contributed by atoms with van der Waals surface area (Å²) in [6, 6.07) is 0. The number of fused-ring (bicyclic) bond motifs is 1. The van der Waals surface area contributed by atoms with Crippen LogP contribution in [0.4, 0.5) is 0 Å². The van der Waals surface area contributed by atoms with Gasteiger partial charge in [-0.05, 0) is 19.4 Å². The summed E-state index contributed by atoms with van der Waals surface area (Å²) in [5, 5.41) is 9.30. The Hall–Kier alpha value is -1.24. The van der Waals surface area contributed by atoms with Gasteiger partial charge in [-0.2, -0.15) is 0 Å². The molecule has 0 aliphatic heterocycles. The maximum atomic E-state index is 12.3. The van der Waals surface area contributed by atoms with E-state index in [1.807, 2.05) is 13.8 Å². The molecule has 6 heteroatoms. The van der Waals surface area contributed by atoms with Gasteiger partial charge in [0.2, 0.25) is 0 Å². The van der Waals surface area contributed by atoms with E-state index in [1.165, 1.54) is 0 Å². The lowest BCUT2D eigenvalue weighted by molar-refractivity contribution is 0.0865. The van der Waals surface area contributed by atoms with E-state index < -0.39 is 0 Å². The predicted molar refractivity (Wildman–Crippen MR) is 71.3 cm³/mol. The molecule has 0 amide bonds. The quantitative estimate of drug-likeness (QED) is 0.824. The fourth-order valence-corrected chi connectivity index (χ4v) is 2.75. The highest BCUT2D eigenvalue weighted by Gasteiger charge is 2.11. The number of rotatable bonds is 5. The molecule has 0 radical (unpaired) electrons. The Morgan fingerprint density at radius 1 is 1.44 bits per heavy atom. The van der Waals surface area contributed by atoms with Crippen LogP contribution >= 0.6 is 11.3 Å². The van der Waals surface area contributed by atoms with Crippen LogP contribution in [0.5, 0.6) is 0 Å². The van der Waals surface area contributed by atoms with E-state index >= 15 is 0 Å². The minimum absolute atomic E-state index is 0.00494. The molecule has 2 aromatic heterocycles. The smallest absolute Gasteiger partial charge is 0.262 e. The maximum absolute atomic E-state index is 12.3. The second kappa shape index (κ2) is 5.60. The number of aliphatic hydroxyl groups excluding tert-OH is 1. The third kappa shape index (κ3) is 2.45. The Bertz CT molecular complexity index is 603. The molecule has 0 spiro atoms. The second-order valence-corrected chi connectivity index (χ2v) is 5.25. The lowest BCUT2D eigenvalue weighted by Crippen LogP contribution is -2.23. The highest BCUT2D eigenvalue weighted by atomic mass is 32.1. The molecule has 0 aliphatic rings. The Morgan fingerprint density at radius 3 is 2.94 bits per heavy atom. The number of aryl methyl sites for hydroxylation is 2. The van der Waals surface area contributed by atoms with Crippen LogP contribution in [-0.2, 0) is 11.3 Å². The topological polar surface area (TPSA) is 64.3 Å². The van der Waals surface area contributed by atoms with E-state index in [1.54, 1.807) is 22.2 Å². The zero-order chi connectivity index (χ0) is 13.1. The molecule has 0 fully saturated rings. The van der Waals surface area contributed by atoms with Crippen LogP contribution in [-0.4, -0.2) is 34.5 Å². The highest BCUT2D eigenvalue weighted by Crippen LogP contribution is 2.25. The van der Waals surface area contributed by atoms with Crippen molar-refractivity contribution in [1.82, 2.24) is 9.55 Å². The first-order valence-electron chi connectivity index (χ1n) is 5.79. The zero-order valence-corrected chi connectivity index (χ0v) is 11.3. The summed E-state index contributed by atoms with van der Waals surface area (Å²) in [4.78, 5) is 18.5. The van der Waals surface area contributed by atoms with Crippen molar-refractivity contribution >= 4 is 21.6 Å². The molecule has 0 saturated heterocycles. The first-order chi connectivity index (χ1) is 8.65. The minimum atomic E-state index is -0.0190. The molecule has 0 bridgehead atoms. The van der Waals surface area contributed by atoms with Crippen LogP contribution in [0, 0.1) is 13.8 Å². The first-order valence-corrected chi connectivity index (χ1v) is 6.60. The van der Waals surface area contributed by atoms with Gasteiger partial charge in [-0.3, -0.25) is 9.36 Å². The summed E-state index contributed by atoms with van der Waals surface area (Å²) < 4.78 is 6.71. The van der Waals surface area contributed by atoms with Gasteiger partial charge in [0.25, 0.3) is 5.56 Å². The Labute approximate surface area is 109 Å². The van der Waals surface area contributed by atoms with E-state index in [2.05, 4.69) is 4.98 Å². The van der Waals surface area contributed by atoms with Gasteiger partial charge >= 0.3 is 0 Å². The summed E-state index contributed by atoms with van der Waals surface area (Å²) in [5.41, 5.74) is 0.993. The molecule has 0 atom stereocenters. The van der Waals surface area contributed by atoms with Gasteiger partial charge in [-0.25, -0.2) is 4.98 Å². The third-order valence-electron chi connectivity index (χ3n) is 2.87. The average molecular weight is 268 g/mol. The Morgan fingerprint density at radius 2 is 2.22 bits per heavy atom. The summed E-state index contributed by atoms with van der Waals surface area (Å²) in [7, 11) is 0. The Balaban J connectivity index is 2.27.